The van der Waals surface area contributed by atoms with Crippen LogP contribution in [0.3, 0.4) is 0 Å². The van der Waals surface area contributed by atoms with Gasteiger partial charge in [0.05, 0.1) is 12.7 Å². The molecule has 0 aromatic carbocycles. The lowest BCUT2D eigenvalue weighted by Crippen LogP contribution is -2.41. The second-order valence-electron chi connectivity index (χ2n) is 4.52. The van der Waals surface area contributed by atoms with Gasteiger partial charge in [-0.25, -0.2) is 0 Å². The Morgan fingerprint density at radius 1 is 1.50 bits per heavy atom. The van der Waals surface area contributed by atoms with Gasteiger partial charge in [-0.1, -0.05) is 11.6 Å². The van der Waals surface area contributed by atoms with Gasteiger partial charge in [0.25, 0.3) is 0 Å². The lowest BCUT2D eigenvalue weighted by molar-refractivity contribution is -0.282. The molecule has 0 saturated carbocycles. The summed E-state index contributed by atoms with van der Waals surface area (Å²) in [6.07, 6.45) is 5.56. The fourth-order valence-corrected chi connectivity index (χ4v) is 1.71. The smallest absolute Gasteiger partial charge is 0.166 e. The van der Waals surface area contributed by atoms with Gasteiger partial charge in [-0.2, -0.15) is 0 Å². The summed E-state index contributed by atoms with van der Waals surface area (Å²) in [6.45, 7) is 9.22. The van der Waals surface area contributed by atoms with Crippen LogP contribution in [0.25, 0.3) is 0 Å². The lowest BCUT2D eigenvalue weighted by atomic mass is 10.1. The third kappa shape index (κ3) is 3.81. The maximum absolute atomic E-state index is 5.80. The van der Waals surface area contributed by atoms with Crippen molar-refractivity contribution in [2.45, 2.75) is 58.8 Å². The van der Waals surface area contributed by atoms with Gasteiger partial charge in [-0.05, 0) is 40.5 Å². The van der Waals surface area contributed by atoms with Crippen molar-refractivity contribution in [2.75, 3.05) is 6.61 Å². The molecule has 0 unspecified atom stereocenters. The zero-order valence-corrected chi connectivity index (χ0v) is 9.80. The van der Waals surface area contributed by atoms with Gasteiger partial charge in [0.15, 0.2) is 5.79 Å². The normalized spacial score (nSPS) is 32.7. The Morgan fingerprint density at radius 2 is 2.21 bits per heavy atom. The van der Waals surface area contributed by atoms with Gasteiger partial charge in [-0.3, -0.25) is 0 Å². The third-order valence-corrected chi connectivity index (χ3v) is 2.53. The Kier molecular flexibility index (Phi) is 4.14. The Morgan fingerprint density at radius 3 is 2.79 bits per heavy atom. The molecule has 0 amide bonds. The zero-order chi connectivity index (χ0) is 10.6. The highest BCUT2D eigenvalue weighted by molar-refractivity contribution is 4.93. The third-order valence-electron chi connectivity index (χ3n) is 2.53. The van der Waals surface area contributed by atoms with Crippen molar-refractivity contribution in [3.05, 3.63) is 11.6 Å². The van der Waals surface area contributed by atoms with Gasteiger partial charge < -0.3 is 9.47 Å². The molecule has 1 aliphatic heterocycles. The first-order valence-corrected chi connectivity index (χ1v) is 5.47. The second-order valence-corrected chi connectivity index (χ2v) is 4.52. The SMILES string of the molecule is CC(C)=CCC[C@]1(C)OCC[C@@H](C)O1. The molecule has 1 fully saturated rings. The first kappa shape index (κ1) is 11.7. The summed E-state index contributed by atoms with van der Waals surface area (Å²) in [5.41, 5.74) is 1.36. The standard InChI is InChI=1S/C12H22O2/c1-10(2)6-5-8-12(4)13-9-7-11(3)14-12/h6,11H,5,7-9H2,1-4H3/t11-,12-/m1/s1. The number of ether oxygens (including phenoxy) is 2. The highest BCUT2D eigenvalue weighted by atomic mass is 16.7. The van der Waals surface area contributed by atoms with Crippen LogP contribution in [0.1, 0.15) is 47.0 Å². The van der Waals surface area contributed by atoms with E-state index < -0.39 is 0 Å². The quantitative estimate of drug-likeness (QED) is 0.648. The van der Waals surface area contributed by atoms with Crippen molar-refractivity contribution in [1.29, 1.82) is 0 Å². The summed E-state index contributed by atoms with van der Waals surface area (Å²) in [5, 5.41) is 0. The van der Waals surface area contributed by atoms with E-state index in [1.165, 1.54) is 5.57 Å². The molecule has 2 heteroatoms. The molecular weight excluding hydrogens is 176 g/mol. The fraction of sp³-hybridized carbons (Fsp3) is 0.833. The lowest BCUT2D eigenvalue weighted by Gasteiger charge is -2.37. The molecule has 0 aromatic heterocycles. The predicted octanol–water partition coefficient (Wildman–Crippen LogP) is 3.27. The van der Waals surface area contributed by atoms with Crippen LogP contribution < -0.4 is 0 Å². The van der Waals surface area contributed by atoms with Gasteiger partial charge >= 0.3 is 0 Å². The van der Waals surface area contributed by atoms with Gasteiger partial charge in [0.2, 0.25) is 0 Å². The topological polar surface area (TPSA) is 18.5 Å². The predicted molar refractivity (Wildman–Crippen MR) is 58.2 cm³/mol. The fourth-order valence-electron chi connectivity index (χ4n) is 1.71. The van der Waals surface area contributed by atoms with Crippen LogP contribution in [0, 0.1) is 0 Å². The minimum Gasteiger partial charge on any atom is -0.350 e. The maximum atomic E-state index is 5.80. The first-order valence-electron chi connectivity index (χ1n) is 5.47. The Bertz CT molecular complexity index is 206. The van der Waals surface area contributed by atoms with E-state index in [1.54, 1.807) is 0 Å². The second kappa shape index (κ2) is 4.94. The largest absolute Gasteiger partial charge is 0.350 e. The van der Waals surface area contributed by atoms with E-state index in [9.17, 15) is 0 Å². The van der Waals surface area contributed by atoms with Gasteiger partial charge in [-0.15, -0.1) is 0 Å². The zero-order valence-electron chi connectivity index (χ0n) is 9.80. The van der Waals surface area contributed by atoms with E-state index in [4.69, 9.17) is 9.47 Å². The molecule has 2 atom stereocenters. The summed E-state index contributed by atoms with van der Waals surface area (Å²) >= 11 is 0. The molecule has 0 bridgehead atoms. The van der Waals surface area contributed by atoms with Crippen molar-refractivity contribution in [3.63, 3.8) is 0 Å². The van der Waals surface area contributed by atoms with E-state index in [0.29, 0.717) is 6.10 Å². The van der Waals surface area contributed by atoms with E-state index in [-0.39, 0.29) is 5.79 Å². The van der Waals surface area contributed by atoms with Crippen LogP contribution in [-0.4, -0.2) is 18.5 Å². The average Bonchev–Trinajstić information content (AvgIpc) is 2.01. The van der Waals surface area contributed by atoms with Crippen LogP contribution >= 0.6 is 0 Å². The molecule has 1 heterocycles. The van der Waals surface area contributed by atoms with Crippen LogP contribution in [0.2, 0.25) is 0 Å². The Hall–Kier alpha value is -0.340. The summed E-state index contributed by atoms with van der Waals surface area (Å²) in [7, 11) is 0. The van der Waals surface area contributed by atoms with Crippen molar-refractivity contribution >= 4 is 0 Å². The Balaban J connectivity index is 2.37. The molecule has 0 spiro atoms. The van der Waals surface area contributed by atoms with E-state index in [1.807, 2.05) is 6.92 Å². The molecule has 1 rings (SSSR count). The van der Waals surface area contributed by atoms with E-state index >= 15 is 0 Å². The van der Waals surface area contributed by atoms with E-state index in [0.717, 1.165) is 25.9 Å². The molecule has 0 aliphatic carbocycles. The minimum atomic E-state index is -0.358. The Labute approximate surface area is 87.3 Å². The van der Waals surface area contributed by atoms with Crippen LogP contribution in [0.15, 0.2) is 11.6 Å². The molecule has 1 aliphatic rings. The van der Waals surface area contributed by atoms with Crippen molar-refractivity contribution < 1.29 is 9.47 Å². The minimum absolute atomic E-state index is 0.334. The summed E-state index contributed by atoms with van der Waals surface area (Å²) < 4.78 is 11.5. The summed E-state index contributed by atoms with van der Waals surface area (Å²) in [5.74, 6) is -0.358. The first-order chi connectivity index (χ1) is 6.52. The number of hydrogen-bond acceptors (Lipinski definition) is 2. The number of rotatable bonds is 3. The average molecular weight is 198 g/mol. The van der Waals surface area contributed by atoms with Crippen LogP contribution in [0.5, 0.6) is 0 Å². The monoisotopic (exact) mass is 198 g/mol. The summed E-state index contributed by atoms with van der Waals surface area (Å²) in [4.78, 5) is 0. The van der Waals surface area contributed by atoms with Crippen LogP contribution in [-0.2, 0) is 9.47 Å². The van der Waals surface area contributed by atoms with Crippen molar-refractivity contribution in [3.8, 4) is 0 Å². The van der Waals surface area contributed by atoms with E-state index in [2.05, 4.69) is 26.8 Å². The highest BCUT2D eigenvalue weighted by Crippen LogP contribution is 2.27. The maximum Gasteiger partial charge on any atom is 0.166 e. The molecule has 14 heavy (non-hydrogen) atoms. The highest BCUT2D eigenvalue weighted by Gasteiger charge is 2.31. The van der Waals surface area contributed by atoms with Crippen molar-refractivity contribution in [2.24, 2.45) is 0 Å². The molecule has 2 nitrogen and oxygen atoms in total. The molecule has 0 aromatic rings. The van der Waals surface area contributed by atoms with Gasteiger partial charge in [0.1, 0.15) is 0 Å². The molecule has 1 saturated heterocycles. The van der Waals surface area contributed by atoms with Crippen LogP contribution in [0.4, 0.5) is 0 Å². The molecular formula is C12H22O2. The number of hydrogen-bond donors (Lipinski definition) is 0. The summed E-state index contributed by atoms with van der Waals surface area (Å²) in [6, 6.07) is 0. The van der Waals surface area contributed by atoms with Gasteiger partial charge in [0, 0.05) is 6.42 Å². The molecule has 0 radical (unpaired) electrons. The molecule has 0 N–H and O–H groups in total. The number of allylic oxidation sites excluding steroid dienone is 2. The van der Waals surface area contributed by atoms with Crippen molar-refractivity contribution in [1.82, 2.24) is 0 Å². The molecule has 82 valence electrons.